The zero-order valence-corrected chi connectivity index (χ0v) is 35.7. The van der Waals surface area contributed by atoms with Gasteiger partial charge < -0.3 is 4.42 Å². The Hall–Kier alpha value is -8.12. The average molecular weight is 846 g/mol. The Morgan fingerprint density at radius 3 is 1.88 bits per heavy atom. The molecule has 0 amide bonds. The molecule has 9 aromatic carbocycles. The maximum absolute atomic E-state index is 6.54. The summed E-state index contributed by atoms with van der Waals surface area (Å²) in [5, 5.41) is 5.64. The molecular weight excluding hydrogens is 811 g/mol. The van der Waals surface area contributed by atoms with Crippen molar-refractivity contribution in [1.29, 1.82) is 0 Å². The molecule has 0 unspecified atom stereocenters. The van der Waals surface area contributed by atoms with Crippen molar-refractivity contribution in [2.75, 3.05) is 0 Å². The van der Waals surface area contributed by atoms with E-state index in [1.165, 1.54) is 48.6 Å². The highest BCUT2D eigenvalue weighted by molar-refractivity contribution is 7.99. The molecule has 5 heteroatoms. The van der Waals surface area contributed by atoms with Crippen LogP contribution in [-0.2, 0) is 5.41 Å². The van der Waals surface area contributed by atoms with Crippen LogP contribution in [0.4, 0.5) is 0 Å². The topological polar surface area (TPSA) is 51.8 Å². The first kappa shape index (κ1) is 36.4. The number of nitrogens with zero attached hydrogens (tertiary/aromatic N) is 3. The number of furan rings is 1. The molecule has 3 aromatic heterocycles. The second-order valence-corrected chi connectivity index (χ2v) is 18.0. The van der Waals surface area contributed by atoms with Crippen molar-refractivity contribution in [3.63, 3.8) is 0 Å². The summed E-state index contributed by atoms with van der Waals surface area (Å²) >= 11 is 1.89. The molecule has 1 spiro atoms. The van der Waals surface area contributed by atoms with Crippen molar-refractivity contribution < 1.29 is 4.42 Å². The molecule has 0 radical (unpaired) electrons. The number of aromatic nitrogens is 3. The molecule has 0 fully saturated rings. The number of hydrogen-bond donors (Lipinski definition) is 0. The van der Waals surface area contributed by atoms with Crippen LogP contribution in [-0.4, -0.2) is 15.0 Å². The molecule has 12 aromatic rings. The Morgan fingerprint density at radius 2 is 1.03 bits per heavy atom. The van der Waals surface area contributed by atoms with E-state index in [-0.39, 0.29) is 0 Å². The quantitative estimate of drug-likeness (QED) is 0.165. The zero-order valence-electron chi connectivity index (χ0n) is 34.9. The molecule has 1 aliphatic carbocycles. The first-order chi connectivity index (χ1) is 32.2. The van der Waals surface area contributed by atoms with Gasteiger partial charge in [0.25, 0.3) is 0 Å². The lowest BCUT2D eigenvalue weighted by molar-refractivity contribution is 0.670. The lowest BCUT2D eigenvalue weighted by Gasteiger charge is -2.40. The molecule has 4 nitrogen and oxygen atoms in total. The fraction of sp³-hybridized carbons (Fsp3) is 0.0167. The molecule has 0 bridgehead atoms. The third kappa shape index (κ3) is 5.24. The van der Waals surface area contributed by atoms with E-state index >= 15 is 0 Å². The van der Waals surface area contributed by atoms with E-state index in [4.69, 9.17) is 19.4 Å². The van der Waals surface area contributed by atoms with E-state index in [0.717, 1.165) is 77.6 Å². The summed E-state index contributed by atoms with van der Waals surface area (Å²) in [6.45, 7) is 0. The van der Waals surface area contributed by atoms with Crippen LogP contribution in [0.5, 0.6) is 0 Å². The SMILES string of the molecule is c1ccc(-c2nc(-c3cccc(-c4nc5ccccc5c5c6c(ccc45)C4(c5ccccc5S6)c5ccccc5-c5ccccc54)c3)cc(-c3cccc4c3oc3ccccc34)n2)cc1. The molecule has 0 atom stereocenters. The van der Waals surface area contributed by atoms with E-state index in [2.05, 4.69) is 182 Å². The highest BCUT2D eigenvalue weighted by atomic mass is 32.2. The summed E-state index contributed by atoms with van der Waals surface area (Å²) in [4.78, 5) is 18.5. The van der Waals surface area contributed by atoms with E-state index in [1.54, 1.807) is 0 Å². The standard InChI is InChI=1S/C60H35N3OS/c1-2-16-36(17-3-1)59-62-51(35-52(63-59)44-25-15-24-42-41-22-7-12-30-53(41)64-57(42)44)37-18-14-19-38(34-37)56-45-32-33-49-58(55(45)43-23-6-11-29-50(43)61-56)65-54-31-13-10-28-48(54)60(49)46-26-8-4-20-39(46)40-21-5-9-27-47(40)60/h1-35H. The fourth-order valence-electron chi connectivity index (χ4n) is 10.8. The molecule has 0 N–H and O–H groups in total. The number of rotatable bonds is 4. The molecule has 1 aliphatic heterocycles. The molecule has 0 saturated heterocycles. The molecule has 2 aliphatic rings. The maximum atomic E-state index is 6.54. The van der Waals surface area contributed by atoms with Crippen LogP contribution in [0.2, 0.25) is 0 Å². The lowest BCUT2D eigenvalue weighted by atomic mass is 9.67. The van der Waals surface area contributed by atoms with E-state index < -0.39 is 5.41 Å². The number of pyridine rings is 1. The summed E-state index contributed by atoms with van der Waals surface area (Å²) < 4.78 is 6.54. The van der Waals surface area contributed by atoms with Gasteiger partial charge in [-0.1, -0.05) is 188 Å². The molecular formula is C60H35N3OS. The Bertz CT molecular complexity index is 3900. The first-order valence-corrected chi connectivity index (χ1v) is 22.8. The minimum absolute atomic E-state index is 0.475. The van der Waals surface area contributed by atoms with Gasteiger partial charge in [0.1, 0.15) is 11.2 Å². The van der Waals surface area contributed by atoms with Crippen LogP contribution in [0, 0.1) is 0 Å². The molecule has 4 heterocycles. The maximum Gasteiger partial charge on any atom is 0.160 e. The lowest BCUT2D eigenvalue weighted by Crippen LogP contribution is -2.32. The minimum Gasteiger partial charge on any atom is -0.455 e. The molecule has 14 rings (SSSR count). The zero-order chi connectivity index (χ0) is 42.6. The predicted octanol–water partition coefficient (Wildman–Crippen LogP) is 15.6. The number of benzene rings is 9. The second kappa shape index (κ2) is 13.9. The molecule has 65 heavy (non-hydrogen) atoms. The second-order valence-electron chi connectivity index (χ2n) is 17.0. The van der Waals surface area contributed by atoms with Crippen LogP contribution in [0.25, 0.3) is 99.9 Å². The van der Waals surface area contributed by atoms with Gasteiger partial charge in [-0.05, 0) is 69.8 Å². The third-order valence-corrected chi connectivity index (χ3v) is 14.8. The average Bonchev–Trinajstić information content (AvgIpc) is 3.90. The van der Waals surface area contributed by atoms with Crippen molar-refractivity contribution in [1.82, 2.24) is 15.0 Å². The monoisotopic (exact) mass is 845 g/mol. The Morgan fingerprint density at radius 1 is 0.400 bits per heavy atom. The van der Waals surface area contributed by atoms with Gasteiger partial charge in [0.15, 0.2) is 5.82 Å². The molecule has 302 valence electrons. The summed E-state index contributed by atoms with van der Waals surface area (Å²) in [6, 6.07) is 75.9. The number of para-hydroxylation sites is 3. The summed E-state index contributed by atoms with van der Waals surface area (Å²) in [5.41, 5.74) is 16.5. The van der Waals surface area contributed by atoms with Crippen molar-refractivity contribution in [2.45, 2.75) is 15.2 Å². The van der Waals surface area contributed by atoms with Crippen LogP contribution < -0.4 is 0 Å². The van der Waals surface area contributed by atoms with Crippen molar-refractivity contribution in [3.05, 3.63) is 235 Å². The Kier molecular flexibility index (Phi) is 7.80. The van der Waals surface area contributed by atoms with Gasteiger partial charge >= 0.3 is 0 Å². The van der Waals surface area contributed by atoms with Gasteiger partial charge in [0.05, 0.1) is 28.0 Å². The molecule has 0 saturated carbocycles. The van der Waals surface area contributed by atoms with Crippen molar-refractivity contribution in [2.24, 2.45) is 0 Å². The third-order valence-electron chi connectivity index (χ3n) is 13.5. The minimum atomic E-state index is -0.475. The normalized spacial score (nSPS) is 13.3. The predicted molar refractivity (Wildman–Crippen MR) is 265 cm³/mol. The summed E-state index contributed by atoms with van der Waals surface area (Å²) in [6.07, 6.45) is 0. The van der Waals surface area contributed by atoms with Gasteiger partial charge in [-0.2, -0.15) is 0 Å². The van der Waals surface area contributed by atoms with Gasteiger partial charge in [-0.15, -0.1) is 0 Å². The fourth-order valence-corrected chi connectivity index (χ4v) is 12.1. The van der Waals surface area contributed by atoms with Gasteiger partial charge in [0.2, 0.25) is 0 Å². The summed E-state index contributed by atoms with van der Waals surface area (Å²) in [5.74, 6) is 0.652. The van der Waals surface area contributed by atoms with Crippen LogP contribution in [0.15, 0.2) is 227 Å². The highest BCUT2D eigenvalue weighted by Gasteiger charge is 2.50. The largest absolute Gasteiger partial charge is 0.455 e. The number of hydrogen-bond acceptors (Lipinski definition) is 5. The van der Waals surface area contributed by atoms with Gasteiger partial charge in [0, 0.05) is 59.0 Å². The smallest absolute Gasteiger partial charge is 0.160 e. The van der Waals surface area contributed by atoms with E-state index in [9.17, 15) is 0 Å². The van der Waals surface area contributed by atoms with Crippen molar-refractivity contribution >= 4 is 55.4 Å². The highest BCUT2D eigenvalue weighted by Crippen LogP contribution is 2.63. The van der Waals surface area contributed by atoms with E-state index in [1.807, 2.05) is 42.1 Å². The Balaban J connectivity index is 0.995. The van der Waals surface area contributed by atoms with Crippen LogP contribution in [0.3, 0.4) is 0 Å². The Labute approximate surface area is 378 Å². The van der Waals surface area contributed by atoms with Crippen molar-refractivity contribution in [3.8, 4) is 56.3 Å². The van der Waals surface area contributed by atoms with E-state index in [0.29, 0.717) is 5.82 Å². The first-order valence-electron chi connectivity index (χ1n) is 22.0. The summed E-state index contributed by atoms with van der Waals surface area (Å²) in [7, 11) is 0. The van der Waals surface area contributed by atoms with Gasteiger partial charge in [-0.25, -0.2) is 15.0 Å². The van der Waals surface area contributed by atoms with Crippen LogP contribution >= 0.6 is 11.8 Å². The van der Waals surface area contributed by atoms with Crippen LogP contribution in [0.1, 0.15) is 22.3 Å². The van der Waals surface area contributed by atoms with Gasteiger partial charge in [-0.3, -0.25) is 0 Å². The number of fused-ring (bicyclic) bond motifs is 16.